The summed E-state index contributed by atoms with van der Waals surface area (Å²) in [6.07, 6.45) is 3.23. The Morgan fingerprint density at radius 2 is 1.51 bits per heavy atom. The summed E-state index contributed by atoms with van der Waals surface area (Å²) in [4.78, 5) is 27.6. The van der Waals surface area contributed by atoms with Crippen molar-refractivity contribution in [3.8, 4) is 28.2 Å². The quantitative estimate of drug-likeness (QED) is 0.127. The number of thiocarbonyl (C=S) groups is 1. The van der Waals surface area contributed by atoms with E-state index in [2.05, 4.69) is 32.4 Å². The molecule has 0 saturated carbocycles. The van der Waals surface area contributed by atoms with Crippen LogP contribution in [0, 0.1) is 0 Å². The van der Waals surface area contributed by atoms with Crippen molar-refractivity contribution in [3.63, 3.8) is 0 Å². The molecule has 1 fully saturated rings. The standard InChI is InChI=1S/C30H22BrN3O2S/c1-2-17-33-29(36)25(28(35)32-30(33)37)18-22-19-26(20-9-5-3-6-10-20)34(24-15-13-23(31)14-16-24)27(22)21-11-7-4-8-12-21/h2-16,18-19H,1,17H2,(H,32,35,37)/b25-18-. The molecule has 3 aromatic carbocycles. The summed E-state index contributed by atoms with van der Waals surface area (Å²) in [7, 11) is 0. The lowest BCUT2D eigenvalue weighted by Crippen LogP contribution is -2.53. The zero-order chi connectivity index (χ0) is 25.9. The number of rotatable bonds is 6. The van der Waals surface area contributed by atoms with Gasteiger partial charge in [-0.1, -0.05) is 82.7 Å². The molecule has 4 aromatic rings. The van der Waals surface area contributed by atoms with Gasteiger partial charge in [-0.3, -0.25) is 19.8 Å². The molecule has 5 rings (SSSR count). The molecule has 182 valence electrons. The third-order valence-corrected chi connectivity index (χ3v) is 6.88. The third kappa shape index (κ3) is 4.83. The van der Waals surface area contributed by atoms with Crippen LogP contribution in [0.4, 0.5) is 0 Å². The van der Waals surface area contributed by atoms with Gasteiger partial charge in [0.25, 0.3) is 11.8 Å². The molecule has 1 aliphatic heterocycles. The number of benzene rings is 3. The number of nitrogens with one attached hydrogen (secondary N) is 1. The lowest BCUT2D eigenvalue weighted by Gasteiger charge is -2.27. The Kier molecular flexibility index (Phi) is 6.99. The van der Waals surface area contributed by atoms with Crippen LogP contribution >= 0.6 is 28.1 Å². The van der Waals surface area contributed by atoms with Gasteiger partial charge < -0.3 is 4.57 Å². The summed E-state index contributed by atoms with van der Waals surface area (Å²) in [5, 5.41) is 2.71. The number of halogens is 1. The highest BCUT2D eigenvalue weighted by Gasteiger charge is 2.33. The van der Waals surface area contributed by atoms with Gasteiger partial charge in [0.05, 0.1) is 11.4 Å². The Bertz CT molecular complexity index is 1540. The summed E-state index contributed by atoms with van der Waals surface area (Å²) in [6, 6.07) is 30.0. The second-order valence-corrected chi connectivity index (χ2v) is 9.70. The van der Waals surface area contributed by atoms with Gasteiger partial charge in [-0.15, -0.1) is 6.58 Å². The highest BCUT2D eigenvalue weighted by molar-refractivity contribution is 9.10. The third-order valence-electron chi connectivity index (χ3n) is 6.03. The molecule has 1 N–H and O–H groups in total. The number of amides is 2. The number of aromatic nitrogens is 1. The lowest BCUT2D eigenvalue weighted by atomic mass is 10.0. The number of hydrogen-bond acceptors (Lipinski definition) is 3. The van der Waals surface area contributed by atoms with E-state index in [0.717, 1.165) is 38.2 Å². The topological polar surface area (TPSA) is 54.3 Å². The highest BCUT2D eigenvalue weighted by Crippen LogP contribution is 2.37. The van der Waals surface area contributed by atoms with Crippen LogP contribution in [0.2, 0.25) is 0 Å². The van der Waals surface area contributed by atoms with Crippen molar-refractivity contribution in [2.24, 2.45) is 0 Å². The maximum atomic E-state index is 13.3. The normalized spacial score (nSPS) is 14.7. The summed E-state index contributed by atoms with van der Waals surface area (Å²) < 4.78 is 3.12. The van der Waals surface area contributed by atoms with Crippen LogP contribution in [0.5, 0.6) is 0 Å². The predicted octanol–water partition coefficient (Wildman–Crippen LogP) is 6.39. The Hall–Kier alpha value is -4.07. The number of nitrogens with zero attached hydrogens (tertiary/aromatic N) is 2. The van der Waals surface area contributed by atoms with Crippen LogP contribution < -0.4 is 5.32 Å². The molecule has 1 saturated heterocycles. The number of hydrogen-bond donors (Lipinski definition) is 1. The molecule has 2 heterocycles. The molecule has 1 aromatic heterocycles. The van der Waals surface area contributed by atoms with Gasteiger partial charge in [-0.05, 0) is 59.8 Å². The molecular weight excluding hydrogens is 546 g/mol. The molecule has 0 bridgehead atoms. The first-order valence-electron chi connectivity index (χ1n) is 11.6. The number of carbonyl (C=O) groups excluding carboxylic acids is 2. The van der Waals surface area contributed by atoms with Gasteiger partial charge in [0.15, 0.2) is 5.11 Å². The van der Waals surface area contributed by atoms with Crippen molar-refractivity contribution in [1.82, 2.24) is 14.8 Å². The van der Waals surface area contributed by atoms with Crippen LogP contribution in [0.1, 0.15) is 5.56 Å². The minimum absolute atomic E-state index is 0.0141. The van der Waals surface area contributed by atoms with E-state index >= 15 is 0 Å². The van der Waals surface area contributed by atoms with Crippen molar-refractivity contribution in [1.29, 1.82) is 0 Å². The molecule has 0 spiro atoms. The SMILES string of the molecule is C=CCN1C(=O)/C(=C\c2cc(-c3ccccc3)n(-c3ccc(Br)cc3)c2-c2ccccc2)C(=O)NC1=S. The molecule has 5 nitrogen and oxygen atoms in total. The van der Waals surface area contributed by atoms with E-state index in [1.165, 1.54) is 4.90 Å². The average Bonchev–Trinajstić information content (AvgIpc) is 3.29. The Balaban J connectivity index is 1.80. The molecule has 0 radical (unpaired) electrons. The van der Waals surface area contributed by atoms with Crippen LogP contribution in [0.25, 0.3) is 34.3 Å². The first-order chi connectivity index (χ1) is 18.0. The van der Waals surface area contributed by atoms with Gasteiger partial charge in [-0.2, -0.15) is 0 Å². The molecule has 0 unspecified atom stereocenters. The molecular formula is C30H22BrN3O2S. The van der Waals surface area contributed by atoms with E-state index < -0.39 is 11.8 Å². The van der Waals surface area contributed by atoms with E-state index in [0.29, 0.717) is 0 Å². The molecule has 0 atom stereocenters. The van der Waals surface area contributed by atoms with Gasteiger partial charge >= 0.3 is 0 Å². The first kappa shape index (κ1) is 24.6. The first-order valence-corrected chi connectivity index (χ1v) is 12.8. The Morgan fingerprint density at radius 3 is 2.14 bits per heavy atom. The fraction of sp³-hybridized carbons (Fsp3) is 0.0333. The van der Waals surface area contributed by atoms with Crippen LogP contribution in [0.3, 0.4) is 0 Å². The lowest BCUT2D eigenvalue weighted by molar-refractivity contribution is -0.128. The number of carbonyl (C=O) groups is 2. The van der Waals surface area contributed by atoms with E-state index in [1.54, 1.807) is 12.2 Å². The van der Waals surface area contributed by atoms with Gasteiger partial charge in [0, 0.05) is 22.3 Å². The Labute approximate surface area is 228 Å². The summed E-state index contributed by atoms with van der Waals surface area (Å²) in [6.45, 7) is 3.91. The minimum atomic E-state index is -0.521. The van der Waals surface area contributed by atoms with Gasteiger partial charge in [0.1, 0.15) is 5.57 Å². The van der Waals surface area contributed by atoms with Gasteiger partial charge in [-0.25, -0.2) is 0 Å². The van der Waals surface area contributed by atoms with E-state index in [9.17, 15) is 9.59 Å². The summed E-state index contributed by atoms with van der Waals surface area (Å²) in [5.41, 5.74) is 5.43. The Morgan fingerprint density at radius 1 is 0.892 bits per heavy atom. The second kappa shape index (κ2) is 10.5. The molecule has 1 aliphatic rings. The summed E-state index contributed by atoms with van der Waals surface area (Å²) >= 11 is 8.75. The fourth-order valence-corrected chi connectivity index (χ4v) is 4.87. The van der Waals surface area contributed by atoms with Crippen molar-refractivity contribution < 1.29 is 9.59 Å². The smallest absolute Gasteiger partial charge is 0.265 e. The second-order valence-electron chi connectivity index (χ2n) is 8.40. The monoisotopic (exact) mass is 567 g/mol. The fourth-order valence-electron chi connectivity index (χ4n) is 4.36. The summed E-state index contributed by atoms with van der Waals surface area (Å²) in [5.74, 6) is -0.975. The molecule has 2 amide bonds. The zero-order valence-corrected chi connectivity index (χ0v) is 22.1. The van der Waals surface area contributed by atoms with Crippen molar-refractivity contribution in [2.45, 2.75) is 0 Å². The maximum Gasteiger partial charge on any atom is 0.265 e. The van der Waals surface area contributed by atoms with Crippen molar-refractivity contribution in [3.05, 3.63) is 119 Å². The van der Waals surface area contributed by atoms with E-state index in [4.69, 9.17) is 12.2 Å². The van der Waals surface area contributed by atoms with Crippen LogP contribution in [-0.2, 0) is 9.59 Å². The molecule has 0 aliphatic carbocycles. The largest absolute Gasteiger partial charge is 0.309 e. The van der Waals surface area contributed by atoms with Gasteiger partial charge in [0.2, 0.25) is 0 Å². The maximum absolute atomic E-state index is 13.3. The zero-order valence-electron chi connectivity index (χ0n) is 19.7. The van der Waals surface area contributed by atoms with E-state index in [1.807, 2.05) is 91.0 Å². The van der Waals surface area contributed by atoms with Crippen LogP contribution in [-0.4, -0.2) is 32.9 Å². The average molecular weight is 568 g/mol. The predicted molar refractivity (Wildman–Crippen MR) is 155 cm³/mol. The van der Waals surface area contributed by atoms with Crippen molar-refractivity contribution in [2.75, 3.05) is 6.54 Å². The van der Waals surface area contributed by atoms with Crippen molar-refractivity contribution >= 4 is 51.2 Å². The minimum Gasteiger partial charge on any atom is -0.309 e. The molecule has 7 heteroatoms. The van der Waals surface area contributed by atoms with E-state index in [-0.39, 0.29) is 17.2 Å². The molecule has 37 heavy (non-hydrogen) atoms. The highest BCUT2D eigenvalue weighted by atomic mass is 79.9. The van der Waals surface area contributed by atoms with Crippen LogP contribution in [0.15, 0.2) is 114 Å².